The van der Waals surface area contributed by atoms with Gasteiger partial charge in [-0.1, -0.05) is 48.5 Å². The van der Waals surface area contributed by atoms with Crippen molar-refractivity contribution in [3.05, 3.63) is 72.6 Å². The Balaban J connectivity index is 1.51. The molecule has 28 heavy (non-hydrogen) atoms. The zero-order valence-electron chi connectivity index (χ0n) is 15.7. The second kappa shape index (κ2) is 8.42. The fourth-order valence-electron chi connectivity index (χ4n) is 3.53. The predicted octanol–water partition coefficient (Wildman–Crippen LogP) is 3.55. The first-order valence-electron chi connectivity index (χ1n) is 9.60. The van der Waals surface area contributed by atoms with E-state index >= 15 is 0 Å². The maximum absolute atomic E-state index is 10.6. The molecule has 0 saturated carbocycles. The molecule has 3 aromatic carbocycles. The van der Waals surface area contributed by atoms with Crippen LogP contribution in [-0.4, -0.2) is 39.1 Å². The fraction of sp³-hybridized carbons (Fsp3) is 0.261. The van der Waals surface area contributed by atoms with Gasteiger partial charge in [-0.05, 0) is 30.0 Å². The number of rotatable bonds is 8. The van der Waals surface area contributed by atoms with Crippen molar-refractivity contribution in [2.45, 2.75) is 25.5 Å². The minimum absolute atomic E-state index is 0.121. The van der Waals surface area contributed by atoms with E-state index in [-0.39, 0.29) is 13.2 Å². The third-order valence-electron chi connectivity index (χ3n) is 4.87. The van der Waals surface area contributed by atoms with Crippen LogP contribution in [0.25, 0.3) is 21.8 Å². The van der Waals surface area contributed by atoms with Crippen molar-refractivity contribution in [2.24, 2.45) is 0 Å². The van der Waals surface area contributed by atoms with E-state index < -0.39 is 6.10 Å². The molecule has 1 heterocycles. The maximum Gasteiger partial charge on any atom is 0.127 e. The quantitative estimate of drug-likeness (QED) is 0.493. The zero-order chi connectivity index (χ0) is 19.3. The molecule has 4 aromatic rings. The van der Waals surface area contributed by atoms with Crippen molar-refractivity contribution >= 4 is 21.8 Å². The molecule has 0 bridgehead atoms. The monoisotopic (exact) mass is 376 g/mol. The molecule has 144 valence electrons. The molecule has 0 amide bonds. The van der Waals surface area contributed by atoms with E-state index in [1.807, 2.05) is 71.3 Å². The fourth-order valence-corrected chi connectivity index (χ4v) is 3.53. The molecule has 0 aliphatic rings. The van der Waals surface area contributed by atoms with Gasteiger partial charge >= 0.3 is 0 Å². The number of fused-ring (bicyclic) bond motifs is 2. The number of hydrogen-bond donors (Lipinski definition) is 2. The van der Waals surface area contributed by atoms with Gasteiger partial charge in [0.2, 0.25) is 0 Å². The Morgan fingerprint density at radius 3 is 2.64 bits per heavy atom. The summed E-state index contributed by atoms with van der Waals surface area (Å²) in [7, 11) is 0. The van der Waals surface area contributed by atoms with Gasteiger partial charge in [0.25, 0.3) is 0 Å². The summed E-state index contributed by atoms with van der Waals surface area (Å²) in [5, 5.41) is 22.0. The van der Waals surface area contributed by atoms with E-state index in [1.165, 1.54) is 0 Å². The third kappa shape index (κ3) is 3.86. The summed E-state index contributed by atoms with van der Waals surface area (Å²) >= 11 is 0. The highest BCUT2D eigenvalue weighted by Crippen LogP contribution is 2.25. The Hall–Kier alpha value is -2.89. The summed E-state index contributed by atoms with van der Waals surface area (Å²) < 4.78 is 7.97. The van der Waals surface area contributed by atoms with Crippen LogP contribution in [0.3, 0.4) is 0 Å². The Labute approximate surface area is 163 Å². The molecule has 0 radical (unpaired) electrons. The van der Waals surface area contributed by atoms with Gasteiger partial charge in [0.1, 0.15) is 24.3 Å². The van der Waals surface area contributed by atoms with Gasteiger partial charge in [-0.2, -0.15) is 0 Å². The Morgan fingerprint density at radius 2 is 1.75 bits per heavy atom. The van der Waals surface area contributed by atoms with Crippen LogP contribution in [0.1, 0.15) is 12.2 Å². The van der Waals surface area contributed by atoms with Crippen molar-refractivity contribution in [2.75, 3.05) is 13.2 Å². The number of ether oxygens (including phenoxy) is 1. The van der Waals surface area contributed by atoms with E-state index in [2.05, 4.69) is 4.98 Å². The van der Waals surface area contributed by atoms with Crippen molar-refractivity contribution in [3.8, 4) is 5.75 Å². The van der Waals surface area contributed by atoms with E-state index in [0.29, 0.717) is 19.4 Å². The zero-order valence-corrected chi connectivity index (χ0v) is 15.7. The Morgan fingerprint density at radius 1 is 0.964 bits per heavy atom. The second-order valence-electron chi connectivity index (χ2n) is 6.90. The molecule has 4 rings (SSSR count). The first-order chi connectivity index (χ1) is 13.8. The number of aromatic nitrogens is 2. The summed E-state index contributed by atoms with van der Waals surface area (Å²) in [6, 6.07) is 21.9. The summed E-state index contributed by atoms with van der Waals surface area (Å²) in [5.74, 6) is 1.65. The lowest BCUT2D eigenvalue weighted by Gasteiger charge is -2.16. The molecular formula is C23H24N2O3. The van der Waals surface area contributed by atoms with E-state index in [1.54, 1.807) is 0 Å². The minimum atomic E-state index is -0.676. The standard InChI is InChI=1S/C23H24N2O3/c26-14-6-13-23-24-20-10-3-4-11-21(20)25(23)15-18(27)16-28-22-12-5-8-17-7-1-2-9-19(17)22/h1-5,7-12,18,26-27H,6,13-16H2. The molecule has 0 aliphatic heterocycles. The molecule has 1 aromatic heterocycles. The first-order valence-corrected chi connectivity index (χ1v) is 9.60. The van der Waals surface area contributed by atoms with Crippen LogP contribution >= 0.6 is 0 Å². The maximum atomic E-state index is 10.6. The molecule has 0 saturated heterocycles. The van der Waals surface area contributed by atoms with Gasteiger partial charge in [0.05, 0.1) is 17.6 Å². The number of para-hydroxylation sites is 2. The number of nitrogens with zero attached hydrogens (tertiary/aromatic N) is 2. The number of hydrogen-bond acceptors (Lipinski definition) is 4. The summed E-state index contributed by atoms with van der Waals surface area (Å²) in [5.41, 5.74) is 1.89. The van der Waals surface area contributed by atoms with Crippen LogP contribution in [0, 0.1) is 0 Å². The normalized spacial score (nSPS) is 12.5. The van der Waals surface area contributed by atoms with Gasteiger partial charge in [-0.25, -0.2) is 4.98 Å². The van der Waals surface area contributed by atoms with Crippen LogP contribution < -0.4 is 4.74 Å². The van der Waals surface area contributed by atoms with Gasteiger partial charge < -0.3 is 19.5 Å². The topological polar surface area (TPSA) is 67.5 Å². The molecule has 0 spiro atoms. The van der Waals surface area contributed by atoms with Crippen molar-refractivity contribution < 1.29 is 14.9 Å². The van der Waals surface area contributed by atoms with E-state index in [9.17, 15) is 5.11 Å². The molecule has 2 N–H and O–H groups in total. The Bertz CT molecular complexity index is 1070. The van der Waals surface area contributed by atoms with Gasteiger partial charge in [0.15, 0.2) is 0 Å². The van der Waals surface area contributed by atoms with Crippen LogP contribution in [0.4, 0.5) is 0 Å². The molecule has 1 unspecified atom stereocenters. The number of aliphatic hydroxyl groups is 2. The number of benzene rings is 3. The smallest absolute Gasteiger partial charge is 0.127 e. The van der Waals surface area contributed by atoms with Gasteiger partial charge in [-0.3, -0.25) is 0 Å². The first kappa shape index (κ1) is 18.5. The number of imidazole rings is 1. The largest absolute Gasteiger partial charge is 0.490 e. The van der Waals surface area contributed by atoms with Crippen LogP contribution in [0.5, 0.6) is 5.75 Å². The predicted molar refractivity (Wildman–Crippen MR) is 111 cm³/mol. The van der Waals surface area contributed by atoms with E-state index in [4.69, 9.17) is 9.84 Å². The lowest BCUT2D eigenvalue weighted by Crippen LogP contribution is -2.24. The van der Waals surface area contributed by atoms with Crippen LogP contribution in [0.15, 0.2) is 66.7 Å². The number of aliphatic hydroxyl groups excluding tert-OH is 2. The SMILES string of the molecule is OCCCc1nc2ccccc2n1CC(O)COc1cccc2ccccc12. The molecule has 5 nitrogen and oxygen atoms in total. The number of aryl methyl sites for hydroxylation is 1. The highest BCUT2D eigenvalue weighted by atomic mass is 16.5. The lowest BCUT2D eigenvalue weighted by atomic mass is 10.1. The van der Waals surface area contributed by atoms with Gasteiger partial charge in [0, 0.05) is 18.4 Å². The summed E-state index contributed by atoms with van der Waals surface area (Å²) in [6.45, 7) is 0.710. The highest BCUT2D eigenvalue weighted by Gasteiger charge is 2.15. The molecule has 0 fully saturated rings. The summed E-state index contributed by atoms with van der Waals surface area (Å²) in [4.78, 5) is 4.66. The molecule has 1 atom stereocenters. The summed E-state index contributed by atoms with van der Waals surface area (Å²) in [6.07, 6.45) is 0.637. The van der Waals surface area contributed by atoms with Crippen LogP contribution in [-0.2, 0) is 13.0 Å². The van der Waals surface area contributed by atoms with Crippen molar-refractivity contribution in [3.63, 3.8) is 0 Å². The highest BCUT2D eigenvalue weighted by molar-refractivity contribution is 5.88. The second-order valence-corrected chi connectivity index (χ2v) is 6.90. The van der Waals surface area contributed by atoms with Crippen molar-refractivity contribution in [1.29, 1.82) is 0 Å². The van der Waals surface area contributed by atoms with Gasteiger partial charge in [-0.15, -0.1) is 0 Å². The lowest BCUT2D eigenvalue weighted by molar-refractivity contribution is 0.0934. The van der Waals surface area contributed by atoms with E-state index in [0.717, 1.165) is 33.4 Å². The van der Waals surface area contributed by atoms with Crippen LogP contribution in [0.2, 0.25) is 0 Å². The average Bonchev–Trinajstić information content (AvgIpc) is 3.08. The molecular weight excluding hydrogens is 352 g/mol. The van der Waals surface area contributed by atoms with Crippen molar-refractivity contribution in [1.82, 2.24) is 9.55 Å². The molecule has 5 heteroatoms. The third-order valence-corrected chi connectivity index (χ3v) is 4.87. The Kier molecular flexibility index (Phi) is 5.55. The average molecular weight is 376 g/mol. The molecule has 0 aliphatic carbocycles. The minimum Gasteiger partial charge on any atom is -0.490 e.